The van der Waals surface area contributed by atoms with Crippen LogP contribution in [0.5, 0.6) is 0 Å². The highest BCUT2D eigenvalue weighted by Gasteiger charge is 2.45. The van der Waals surface area contributed by atoms with Crippen molar-refractivity contribution in [1.82, 2.24) is 9.97 Å². The van der Waals surface area contributed by atoms with Crippen LogP contribution in [0, 0.1) is 0 Å². The zero-order valence-corrected chi connectivity index (χ0v) is 11.8. The molecule has 0 aliphatic carbocycles. The largest absolute Gasteiger partial charge is 0.393 e. The van der Waals surface area contributed by atoms with Crippen LogP contribution in [0.3, 0.4) is 0 Å². The third-order valence-corrected chi connectivity index (χ3v) is 4.39. The number of rotatable bonds is 2. The molecule has 0 spiro atoms. The second-order valence-electron chi connectivity index (χ2n) is 4.69. The molecule has 9 heteroatoms. The fourth-order valence-corrected chi connectivity index (χ4v) is 3.24. The number of aromatic amines is 1. The fourth-order valence-electron chi connectivity index (χ4n) is 2.34. The van der Waals surface area contributed by atoms with Crippen molar-refractivity contribution in [2.45, 2.75) is 23.3 Å². The summed E-state index contributed by atoms with van der Waals surface area (Å²) in [6.45, 7) is 7.27. The Kier molecular flexibility index (Phi) is 3.29. The maximum absolute atomic E-state index is 11.9. The van der Waals surface area contributed by atoms with E-state index in [1.165, 1.54) is 4.90 Å². The Morgan fingerprint density at radius 2 is 2.24 bits per heavy atom. The molecule has 5 N–H and O–H groups in total. The number of nitrogens with zero attached hydrogens (tertiary/aromatic N) is 2. The van der Waals surface area contributed by atoms with Crippen LogP contribution >= 0.6 is 11.8 Å². The van der Waals surface area contributed by atoms with Gasteiger partial charge in [-0.15, -0.1) is 0 Å². The first-order valence-corrected chi connectivity index (χ1v) is 6.94. The van der Waals surface area contributed by atoms with Crippen molar-refractivity contribution >= 4 is 23.5 Å². The van der Waals surface area contributed by atoms with Gasteiger partial charge in [0, 0.05) is 0 Å². The minimum Gasteiger partial charge on any atom is -0.393 e. The first-order valence-electron chi connectivity index (χ1n) is 6.13. The maximum atomic E-state index is 11.9. The average molecular weight is 310 g/mol. The van der Waals surface area contributed by atoms with Gasteiger partial charge in [0.25, 0.3) is 5.56 Å². The Morgan fingerprint density at radius 3 is 2.86 bits per heavy atom. The summed E-state index contributed by atoms with van der Waals surface area (Å²) in [6, 6.07) is 0. The summed E-state index contributed by atoms with van der Waals surface area (Å²) in [7, 11) is 0. The number of H-pyrrole nitrogens is 1. The molecule has 0 aromatic carbocycles. The van der Waals surface area contributed by atoms with Gasteiger partial charge in [-0.25, -0.2) is 0 Å². The number of nitrogens with two attached hydrogens (primary N) is 1. The number of anilines is 2. The van der Waals surface area contributed by atoms with Crippen LogP contribution < -0.4 is 16.2 Å². The van der Waals surface area contributed by atoms with E-state index in [4.69, 9.17) is 10.5 Å². The molecule has 8 nitrogen and oxygen atoms in total. The number of hydrogen-bond acceptors (Lipinski definition) is 8. The Bertz CT molecular complexity index is 688. The molecule has 0 radical (unpaired) electrons. The molecule has 0 unspecified atom stereocenters. The molecule has 3 rings (SSSR count). The smallest absolute Gasteiger partial charge is 0.268 e. The minimum absolute atomic E-state index is 0.0379. The van der Waals surface area contributed by atoms with E-state index >= 15 is 0 Å². The van der Waals surface area contributed by atoms with E-state index in [0.717, 1.165) is 11.8 Å². The van der Waals surface area contributed by atoms with Gasteiger partial charge in [-0.05, 0) is 5.57 Å². The first-order chi connectivity index (χ1) is 9.93. The summed E-state index contributed by atoms with van der Waals surface area (Å²) in [5, 5.41) is 19.9. The zero-order chi connectivity index (χ0) is 15.3. The van der Waals surface area contributed by atoms with Crippen LogP contribution in [0.4, 0.5) is 11.8 Å². The molecule has 1 saturated heterocycles. The number of ether oxygens (including phenoxy) is 1. The predicted molar refractivity (Wildman–Crippen MR) is 77.6 cm³/mol. The monoisotopic (exact) mass is 310 g/mol. The van der Waals surface area contributed by atoms with Crippen molar-refractivity contribution in [2.24, 2.45) is 0 Å². The lowest BCUT2D eigenvalue weighted by Crippen LogP contribution is -2.40. The molecular weight excluding hydrogens is 296 g/mol. The lowest BCUT2D eigenvalue weighted by Gasteiger charge is -2.27. The Balaban J connectivity index is 2.04. The van der Waals surface area contributed by atoms with Gasteiger partial charge in [0.15, 0.2) is 12.0 Å². The van der Waals surface area contributed by atoms with Crippen LogP contribution in [0.1, 0.15) is 0 Å². The van der Waals surface area contributed by atoms with Crippen LogP contribution in [0.2, 0.25) is 0 Å². The highest BCUT2D eigenvalue weighted by Crippen LogP contribution is 2.45. The van der Waals surface area contributed by atoms with E-state index in [9.17, 15) is 15.0 Å². The van der Waals surface area contributed by atoms with Crippen molar-refractivity contribution in [1.29, 1.82) is 0 Å². The normalized spacial score (nSPS) is 28.3. The Labute approximate surface area is 123 Å². The van der Waals surface area contributed by atoms with Gasteiger partial charge in [0.1, 0.15) is 17.1 Å². The van der Waals surface area contributed by atoms with E-state index in [-0.39, 0.29) is 23.9 Å². The van der Waals surface area contributed by atoms with Crippen molar-refractivity contribution < 1.29 is 14.9 Å². The first kappa shape index (κ1) is 14.1. The van der Waals surface area contributed by atoms with Crippen molar-refractivity contribution in [3.05, 3.63) is 34.1 Å². The van der Waals surface area contributed by atoms with E-state index in [0.29, 0.717) is 15.5 Å². The van der Waals surface area contributed by atoms with Gasteiger partial charge < -0.3 is 20.7 Å². The van der Waals surface area contributed by atoms with Crippen LogP contribution in [0.25, 0.3) is 0 Å². The quantitative estimate of drug-likeness (QED) is 0.532. The minimum atomic E-state index is -1.03. The van der Waals surface area contributed by atoms with Gasteiger partial charge >= 0.3 is 0 Å². The summed E-state index contributed by atoms with van der Waals surface area (Å²) in [6.07, 6.45) is -2.57. The molecule has 3 heterocycles. The Hall–Kier alpha value is -1.81. The number of aliphatic hydroxyl groups excluding tert-OH is 2. The van der Waals surface area contributed by atoms with Gasteiger partial charge in [0.05, 0.1) is 11.6 Å². The summed E-state index contributed by atoms with van der Waals surface area (Å²) in [5.41, 5.74) is 5.55. The SMILES string of the molecule is C=C1[C@@H](O)[C@H](N2C(=C)Sc3c2nc(N)[nH]c3=O)O[C@@H]1CO. The van der Waals surface area contributed by atoms with Crippen LogP contribution in [0.15, 0.2) is 33.5 Å². The summed E-state index contributed by atoms with van der Waals surface area (Å²) in [4.78, 5) is 20.2. The number of fused-ring (bicyclic) bond motifs is 1. The molecule has 2 aliphatic heterocycles. The Morgan fingerprint density at radius 1 is 1.52 bits per heavy atom. The number of aliphatic hydroxyl groups is 2. The van der Waals surface area contributed by atoms with Crippen molar-refractivity contribution in [3.63, 3.8) is 0 Å². The number of nitrogen functional groups attached to an aromatic ring is 1. The topological polar surface area (TPSA) is 125 Å². The third-order valence-electron chi connectivity index (χ3n) is 3.38. The number of aromatic nitrogens is 2. The van der Waals surface area contributed by atoms with E-state index < -0.39 is 18.4 Å². The molecule has 21 heavy (non-hydrogen) atoms. The molecule has 0 bridgehead atoms. The summed E-state index contributed by atoms with van der Waals surface area (Å²) in [5.74, 6) is 0.241. The highest BCUT2D eigenvalue weighted by atomic mass is 32.2. The maximum Gasteiger partial charge on any atom is 0.268 e. The standard InChI is InChI=1S/C12H14N4O4S/c1-4-6(3-17)20-11(7(4)18)16-5(2)21-8-9(16)14-12(13)15-10(8)19/h6-7,11,17-18H,1-3H2,(H3,13,14,15,19)/t6-,7-,11-/m1/s1. The summed E-state index contributed by atoms with van der Waals surface area (Å²) >= 11 is 1.12. The molecule has 1 aromatic heterocycles. The number of hydrogen-bond donors (Lipinski definition) is 4. The average Bonchev–Trinajstić information content (AvgIpc) is 2.89. The van der Waals surface area contributed by atoms with E-state index in [1.807, 2.05) is 0 Å². The number of thioether (sulfide) groups is 1. The van der Waals surface area contributed by atoms with E-state index in [1.54, 1.807) is 0 Å². The van der Waals surface area contributed by atoms with Gasteiger partial charge in [0.2, 0.25) is 5.95 Å². The van der Waals surface area contributed by atoms with Crippen LogP contribution in [-0.4, -0.2) is 45.2 Å². The number of nitrogens with one attached hydrogen (secondary N) is 1. The molecule has 3 atom stereocenters. The lowest BCUT2D eigenvalue weighted by molar-refractivity contribution is -0.00563. The molecule has 0 saturated carbocycles. The van der Waals surface area contributed by atoms with Gasteiger partial charge in [-0.1, -0.05) is 24.9 Å². The van der Waals surface area contributed by atoms with E-state index in [2.05, 4.69) is 23.1 Å². The molecular formula is C12H14N4O4S. The van der Waals surface area contributed by atoms with Crippen LogP contribution in [-0.2, 0) is 4.74 Å². The molecule has 112 valence electrons. The second-order valence-corrected chi connectivity index (χ2v) is 5.77. The van der Waals surface area contributed by atoms with Gasteiger partial charge in [-0.3, -0.25) is 14.7 Å². The second kappa shape index (κ2) is 4.88. The zero-order valence-electron chi connectivity index (χ0n) is 10.9. The molecule has 1 fully saturated rings. The molecule has 2 aliphatic rings. The molecule has 1 aromatic rings. The van der Waals surface area contributed by atoms with Gasteiger partial charge in [-0.2, -0.15) is 4.98 Å². The van der Waals surface area contributed by atoms with Crippen molar-refractivity contribution in [2.75, 3.05) is 17.2 Å². The summed E-state index contributed by atoms with van der Waals surface area (Å²) < 4.78 is 5.59. The molecule has 0 amide bonds. The third kappa shape index (κ3) is 2.05. The lowest BCUT2D eigenvalue weighted by atomic mass is 10.1. The van der Waals surface area contributed by atoms with Crippen molar-refractivity contribution in [3.8, 4) is 0 Å². The fraction of sp³-hybridized carbons (Fsp3) is 0.333. The highest BCUT2D eigenvalue weighted by molar-refractivity contribution is 8.03. The predicted octanol–water partition coefficient (Wildman–Crippen LogP) is -0.630.